The van der Waals surface area contributed by atoms with Gasteiger partial charge in [0.2, 0.25) is 0 Å². The van der Waals surface area contributed by atoms with E-state index in [1.54, 1.807) is 5.37 Å². The number of hydrogen-bond acceptors (Lipinski definition) is 1. The van der Waals surface area contributed by atoms with Crippen LogP contribution in [0.2, 0.25) is 0 Å². The summed E-state index contributed by atoms with van der Waals surface area (Å²) in [5.41, 5.74) is 2.70. The van der Waals surface area contributed by atoms with Gasteiger partial charge in [0.1, 0.15) is 0 Å². The highest BCUT2D eigenvalue weighted by Gasteiger charge is 2.12. The van der Waals surface area contributed by atoms with E-state index in [9.17, 15) is 0 Å². The molecule has 0 bridgehead atoms. The molecule has 1 aromatic carbocycles. The summed E-state index contributed by atoms with van der Waals surface area (Å²) in [4.78, 5) is 0. The summed E-state index contributed by atoms with van der Waals surface area (Å²) in [5, 5.41) is 1.70. The molecule has 0 atom stereocenters. The molecule has 0 saturated heterocycles. The van der Waals surface area contributed by atoms with E-state index >= 15 is 0 Å². The van der Waals surface area contributed by atoms with Crippen LogP contribution in [0.5, 0.6) is 0 Å². The van der Waals surface area contributed by atoms with Crippen molar-refractivity contribution in [3.8, 4) is 0 Å². The Kier molecular flexibility index (Phi) is 2.63. The molecule has 0 radical (unpaired) electrons. The van der Waals surface area contributed by atoms with Crippen molar-refractivity contribution in [2.24, 2.45) is 0 Å². The first-order chi connectivity index (χ1) is 5.54. The molecule has 0 heterocycles. The maximum atomic E-state index is 4.83. The molecule has 0 spiro atoms. The van der Waals surface area contributed by atoms with Crippen LogP contribution < -0.4 is 0 Å². The number of rotatable bonds is 1. The Balaban J connectivity index is 3.00. The molecular formula is C11H14S. The van der Waals surface area contributed by atoms with Crippen LogP contribution in [-0.2, 0) is 5.41 Å². The van der Waals surface area contributed by atoms with Gasteiger partial charge in [-0.25, -0.2) is 0 Å². The second-order valence-electron chi connectivity index (χ2n) is 3.99. The molecule has 1 heteroatoms. The molecule has 0 amide bonds. The van der Waals surface area contributed by atoms with Crippen molar-refractivity contribution in [1.29, 1.82) is 0 Å². The summed E-state index contributed by atoms with van der Waals surface area (Å²) in [7, 11) is 0. The van der Waals surface area contributed by atoms with Gasteiger partial charge < -0.3 is 0 Å². The van der Waals surface area contributed by atoms with Gasteiger partial charge >= 0.3 is 0 Å². The lowest BCUT2D eigenvalue weighted by Gasteiger charge is -2.18. The second-order valence-corrected chi connectivity index (χ2v) is 4.23. The van der Waals surface area contributed by atoms with E-state index in [2.05, 4.69) is 45.0 Å². The van der Waals surface area contributed by atoms with Crippen LogP contribution in [0.25, 0.3) is 0 Å². The topological polar surface area (TPSA) is 0 Å². The first-order valence-corrected chi connectivity index (χ1v) is 4.57. The lowest BCUT2D eigenvalue weighted by molar-refractivity contribution is 0.590. The highest BCUT2D eigenvalue weighted by atomic mass is 32.1. The summed E-state index contributed by atoms with van der Waals surface area (Å²) in [6, 6.07) is 8.40. The minimum atomic E-state index is 0.236. The van der Waals surface area contributed by atoms with E-state index < -0.39 is 0 Å². The number of benzene rings is 1. The monoisotopic (exact) mass is 178 g/mol. The lowest BCUT2D eigenvalue weighted by Crippen LogP contribution is -2.10. The first-order valence-electron chi connectivity index (χ1n) is 4.10. The first kappa shape index (κ1) is 9.40. The van der Waals surface area contributed by atoms with Gasteiger partial charge in [-0.1, -0.05) is 57.3 Å². The number of thiocarbonyl (C=S) groups is 1. The van der Waals surface area contributed by atoms with E-state index in [1.165, 1.54) is 5.56 Å². The quantitative estimate of drug-likeness (QED) is 0.594. The zero-order chi connectivity index (χ0) is 9.19. The predicted octanol–water partition coefficient (Wildman–Crippen LogP) is 3.33. The molecule has 0 fully saturated rings. The van der Waals surface area contributed by atoms with Crippen LogP contribution in [0.15, 0.2) is 24.3 Å². The van der Waals surface area contributed by atoms with Crippen molar-refractivity contribution < 1.29 is 0 Å². The molecule has 0 aliphatic heterocycles. The van der Waals surface area contributed by atoms with Gasteiger partial charge in [0, 0.05) is 5.37 Å². The van der Waals surface area contributed by atoms with Gasteiger partial charge in [0.25, 0.3) is 0 Å². The fraction of sp³-hybridized carbons (Fsp3) is 0.364. The molecular weight excluding hydrogens is 164 g/mol. The zero-order valence-corrected chi connectivity index (χ0v) is 8.61. The molecule has 0 nitrogen and oxygen atoms in total. The van der Waals surface area contributed by atoms with Gasteiger partial charge in [-0.05, 0) is 16.5 Å². The predicted molar refractivity (Wildman–Crippen MR) is 57.9 cm³/mol. The van der Waals surface area contributed by atoms with Gasteiger partial charge in [0.15, 0.2) is 0 Å². The highest BCUT2D eigenvalue weighted by molar-refractivity contribution is 7.79. The van der Waals surface area contributed by atoms with E-state index in [0.717, 1.165) is 5.56 Å². The molecule has 12 heavy (non-hydrogen) atoms. The Labute approximate surface area is 79.6 Å². The van der Waals surface area contributed by atoms with Crippen LogP contribution in [-0.4, -0.2) is 5.37 Å². The zero-order valence-electron chi connectivity index (χ0n) is 7.79. The molecule has 0 aromatic heterocycles. The largest absolute Gasteiger partial charge is 0.0881 e. The molecule has 1 rings (SSSR count). The maximum absolute atomic E-state index is 4.83. The normalized spacial score (nSPS) is 11.2. The standard InChI is InChI=1S/C11H14S/c1-11(2,3)10-6-4-9(8-12)5-7-10/h4-8H,1-3H3. The van der Waals surface area contributed by atoms with Crippen molar-refractivity contribution in [3.63, 3.8) is 0 Å². The van der Waals surface area contributed by atoms with Gasteiger partial charge in [-0.3, -0.25) is 0 Å². The Morgan fingerprint density at radius 1 is 1.08 bits per heavy atom. The van der Waals surface area contributed by atoms with Crippen molar-refractivity contribution in [1.82, 2.24) is 0 Å². The summed E-state index contributed by atoms with van der Waals surface area (Å²) in [6.07, 6.45) is 0. The van der Waals surface area contributed by atoms with Crippen molar-refractivity contribution in [2.75, 3.05) is 0 Å². The molecule has 64 valence electrons. The van der Waals surface area contributed by atoms with Crippen molar-refractivity contribution in [2.45, 2.75) is 26.2 Å². The number of hydrogen-bond donors (Lipinski definition) is 0. The highest BCUT2D eigenvalue weighted by Crippen LogP contribution is 2.21. The van der Waals surface area contributed by atoms with Gasteiger partial charge in [-0.2, -0.15) is 0 Å². The minimum Gasteiger partial charge on any atom is -0.0881 e. The van der Waals surface area contributed by atoms with Crippen LogP contribution in [0, 0.1) is 0 Å². The average molecular weight is 178 g/mol. The third-order valence-electron chi connectivity index (χ3n) is 1.91. The maximum Gasteiger partial charge on any atom is 0.00861 e. The van der Waals surface area contributed by atoms with Gasteiger partial charge in [0.05, 0.1) is 0 Å². The van der Waals surface area contributed by atoms with Crippen molar-refractivity contribution in [3.05, 3.63) is 35.4 Å². The molecule has 0 unspecified atom stereocenters. The minimum absolute atomic E-state index is 0.236. The molecule has 0 saturated carbocycles. The van der Waals surface area contributed by atoms with Crippen LogP contribution >= 0.6 is 12.2 Å². The summed E-state index contributed by atoms with van der Waals surface area (Å²) in [6.45, 7) is 6.62. The Morgan fingerprint density at radius 3 is 1.92 bits per heavy atom. The summed E-state index contributed by atoms with van der Waals surface area (Å²) < 4.78 is 0. The van der Waals surface area contributed by atoms with E-state index in [-0.39, 0.29) is 5.41 Å². The third-order valence-corrected chi connectivity index (χ3v) is 2.18. The average Bonchev–Trinajstić information content (AvgIpc) is 2.03. The lowest BCUT2D eigenvalue weighted by atomic mass is 9.87. The third kappa shape index (κ3) is 2.15. The summed E-state index contributed by atoms with van der Waals surface area (Å²) in [5.74, 6) is 0. The fourth-order valence-electron chi connectivity index (χ4n) is 1.06. The smallest absolute Gasteiger partial charge is 0.00861 e. The van der Waals surface area contributed by atoms with Crippen LogP contribution in [0.1, 0.15) is 31.9 Å². The second kappa shape index (κ2) is 3.36. The molecule has 1 aromatic rings. The van der Waals surface area contributed by atoms with Gasteiger partial charge in [-0.15, -0.1) is 0 Å². The Bertz CT molecular complexity index is 264. The Hall–Kier alpha value is -0.690. The fourth-order valence-corrected chi connectivity index (χ4v) is 1.22. The summed E-state index contributed by atoms with van der Waals surface area (Å²) >= 11 is 4.83. The molecule has 0 N–H and O–H groups in total. The Morgan fingerprint density at radius 2 is 1.58 bits per heavy atom. The molecule has 0 aliphatic carbocycles. The van der Waals surface area contributed by atoms with E-state index in [4.69, 9.17) is 12.2 Å². The van der Waals surface area contributed by atoms with Crippen LogP contribution in [0.3, 0.4) is 0 Å². The van der Waals surface area contributed by atoms with Crippen molar-refractivity contribution >= 4 is 17.6 Å². The SMILES string of the molecule is CC(C)(C)c1ccc(C=S)cc1. The molecule has 0 aliphatic rings. The van der Waals surface area contributed by atoms with Crippen LogP contribution in [0.4, 0.5) is 0 Å². The van der Waals surface area contributed by atoms with E-state index in [0.29, 0.717) is 0 Å². The van der Waals surface area contributed by atoms with E-state index in [1.807, 2.05) is 0 Å².